The van der Waals surface area contributed by atoms with Crippen molar-refractivity contribution in [2.75, 3.05) is 0 Å². The van der Waals surface area contributed by atoms with Crippen LogP contribution in [0.4, 0.5) is 22.9 Å². The van der Waals surface area contributed by atoms with Gasteiger partial charge in [0.25, 0.3) is 5.69 Å². The molecule has 0 amide bonds. The molecule has 0 spiro atoms. The van der Waals surface area contributed by atoms with Crippen molar-refractivity contribution in [3.63, 3.8) is 0 Å². The van der Waals surface area contributed by atoms with E-state index in [-0.39, 0.29) is 0 Å². The van der Waals surface area contributed by atoms with Crippen LogP contribution in [-0.4, -0.2) is 24.7 Å². The second-order valence-electron chi connectivity index (χ2n) is 3.83. The molecule has 0 N–H and O–H groups in total. The van der Waals surface area contributed by atoms with E-state index in [2.05, 4.69) is 4.98 Å². The molecular formula is C9H3N5O8. The molecule has 1 aromatic heterocycles. The summed E-state index contributed by atoms with van der Waals surface area (Å²) in [6.07, 6.45) is 0. The molecule has 112 valence electrons. The van der Waals surface area contributed by atoms with E-state index in [1.165, 1.54) is 0 Å². The SMILES string of the molecule is O=[N+]([O-])c1nc2cccc([N+](=O)[O-])c2c([N+](=O)[O-])c1[N+](=O)[O-]. The summed E-state index contributed by atoms with van der Waals surface area (Å²) in [5.41, 5.74) is -4.11. The Kier molecular flexibility index (Phi) is 3.30. The van der Waals surface area contributed by atoms with Crippen LogP contribution < -0.4 is 0 Å². The zero-order valence-corrected chi connectivity index (χ0v) is 10.2. The molecule has 0 fully saturated rings. The molecule has 0 atom stereocenters. The number of nitrogens with zero attached hydrogens (tertiary/aromatic N) is 5. The molecule has 0 aliphatic carbocycles. The van der Waals surface area contributed by atoms with E-state index in [0.717, 1.165) is 18.2 Å². The predicted molar refractivity (Wildman–Crippen MR) is 68.4 cm³/mol. The van der Waals surface area contributed by atoms with Crippen molar-refractivity contribution in [2.45, 2.75) is 0 Å². The monoisotopic (exact) mass is 309 g/mol. The molecule has 13 heteroatoms. The smallest absolute Gasteiger partial charge is 0.358 e. The number of fused-ring (bicyclic) bond motifs is 1. The number of rotatable bonds is 4. The first-order valence-electron chi connectivity index (χ1n) is 5.30. The van der Waals surface area contributed by atoms with E-state index in [4.69, 9.17) is 0 Å². The molecule has 2 rings (SSSR count). The number of benzene rings is 1. The van der Waals surface area contributed by atoms with Gasteiger partial charge in [-0.25, -0.2) is 0 Å². The third-order valence-corrected chi connectivity index (χ3v) is 2.65. The highest BCUT2D eigenvalue weighted by molar-refractivity contribution is 6.00. The van der Waals surface area contributed by atoms with Crippen LogP contribution in [0.25, 0.3) is 10.9 Å². The van der Waals surface area contributed by atoms with Crippen LogP contribution in [0.1, 0.15) is 0 Å². The van der Waals surface area contributed by atoms with Gasteiger partial charge < -0.3 is 10.1 Å². The average Bonchev–Trinajstić information content (AvgIpc) is 2.43. The summed E-state index contributed by atoms with van der Waals surface area (Å²) in [6.45, 7) is 0. The lowest BCUT2D eigenvalue weighted by molar-refractivity contribution is -0.442. The largest absolute Gasteiger partial charge is 0.450 e. The van der Waals surface area contributed by atoms with E-state index in [9.17, 15) is 40.5 Å². The molecule has 0 unspecified atom stereocenters. The number of hydrogen-bond acceptors (Lipinski definition) is 9. The summed E-state index contributed by atoms with van der Waals surface area (Å²) in [4.78, 5) is 42.3. The summed E-state index contributed by atoms with van der Waals surface area (Å²) < 4.78 is 0. The molecule has 22 heavy (non-hydrogen) atoms. The van der Waals surface area contributed by atoms with Gasteiger partial charge in [-0.05, 0) is 16.0 Å². The van der Waals surface area contributed by atoms with Crippen molar-refractivity contribution >= 4 is 33.8 Å². The fourth-order valence-corrected chi connectivity index (χ4v) is 1.88. The van der Waals surface area contributed by atoms with Gasteiger partial charge in [-0.1, -0.05) is 6.07 Å². The molecule has 1 heterocycles. The van der Waals surface area contributed by atoms with Crippen LogP contribution in [0.15, 0.2) is 18.2 Å². The fourth-order valence-electron chi connectivity index (χ4n) is 1.88. The highest BCUT2D eigenvalue weighted by atomic mass is 16.7. The minimum Gasteiger partial charge on any atom is -0.358 e. The molecule has 0 saturated heterocycles. The zero-order chi connectivity index (χ0) is 16.6. The number of hydrogen-bond donors (Lipinski definition) is 0. The van der Waals surface area contributed by atoms with Gasteiger partial charge in [0.15, 0.2) is 10.9 Å². The Morgan fingerprint density at radius 3 is 1.82 bits per heavy atom. The van der Waals surface area contributed by atoms with E-state index in [1.54, 1.807) is 0 Å². The number of nitro groups is 4. The summed E-state index contributed by atoms with van der Waals surface area (Å²) in [5, 5.41) is 43.1. The predicted octanol–water partition coefficient (Wildman–Crippen LogP) is 1.87. The van der Waals surface area contributed by atoms with Crippen molar-refractivity contribution in [1.82, 2.24) is 4.98 Å². The van der Waals surface area contributed by atoms with Crippen LogP contribution in [0.2, 0.25) is 0 Å². The topological polar surface area (TPSA) is 185 Å². The zero-order valence-electron chi connectivity index (χ0n) is 10.2. The number of non-ortho nitro benzene ring substituents is 1. The van der Waals surface area contributed by atoms with Gasteiger partial charge in [-0.15, -0.1) is 0 Å². The minimum absolute atomic E-state index is 0.460. The molecule has 1 aromatic carbocycles. The van der Waals surface area contributed by atoms with Crippen LogP contribution in [0.5, 0.6) is 0 Å². The standard InChI is InChI=1S/C9H3N5O8/c15-11(16)5-3-1-2-4-6(5)7(12(17)18)8(13(19)20)9(10-4)14(21)22/h1-3H. The Balaban J connectivity index is 3.16. The Morgan fingerprint density at radius 1 is 0.773 bits per heavy atom. The first-order valence-corrected chi connectivity index (χ1v) is 5.30. The van der Waals surface area contributed by atoms with Crippen LogP contribution in [0, 0.1) is 40.5 Å². The lowest BCUT2D eigenvalue weighted by Gasteiger charge is -2.00. The minimum atomic E-state index is -1.50. The van der Waals surface area contributed by atoms with Crippen LogP contribution in [-0.2, 0) is 0 Å². The van der Waals surface area contributed by atoms with Gasteiger partial charge in [0, 0.05) is 6.07 Å². The molecule has 0 radical (unpaired) electrons. The maximum Gasteiger partial charge on any atom is 0.450 e. The van der Waals surface area contributed by atoms with E-state index >= 15 is 0 Å². The molecule has 2 aromatic rings. The van der Waals surface area contributed by atoms with Crippen molar-refractivity contribution in [2.24, 2.45) is 0 Å². The summed E-state index contributed by atoms with van der Waals surface area (Å²) >= 11 is 0. The van der Waals surface area contributed by atoms with E-state index in [1.807, 2.05) is 0 Å². The molecule has 0 aliphatic rings. The summed E-state index contributed by atoms with van der Waals surface area (Å²) in [7, 11) is 0. The second kappa shape index (κ2) is 4.97. The molecular weight excluding hydrogens is 306 g/mol. The first kappa shape index (κ1) is 14.6. The van der Waals surface area contributed by atoms with Gasteiger partial charge in [0.1, 0.15) is 0 Å². The van der Waals surface area contributed by atoms with Gasteiger partial charge in [-0.2, -0.15) is 0 Å². The fraction of sp³-hybridized carbons (Fsp3) is 0. The second-order valence-corrected chi connectivity index (χ2v) is 3.83. The van der Waals surface area contributed by atoms with Gasteiger partial charge in [0.2, 0.25) is 0 Å². The van der Waals surface area contributed by atoms with Gasteiger partial charge >= 0.3 is 17.2 Å². The quantitative estimate of drug-likeness (QED) is 0.599. The average molecular weight is 309 g/mol. The maximum atomic E-state index is 11.1. The number of nitro benzene ring substituents is 1. The molecule has 0 bridgehead atoms. The Labute approximate surface area is 118 Å². The number of pyridine rings is 1. The lowest BCUT2D eigenvalue weighted by Crippen LogP contribution is -2.05. The molecule has 13 nitrogen and oxygen atoms in total. The van der Waals surface area contributed by atoms with Crippen LogP contribution >= 0.6 is 0 Å². The van der Waals surface area contributed by atoms with Gasteiger partial charge in [-0.3, -0.25) is 30.3 Å². The summed E-state index contributed by atoms with van der Waals surface area (Å²) in [5.74, 6) is -1.36. The maximum absolute atomic E-state index is 11.1. The summed E-state index contributed by atoms with van der Waals surface area (Å²) in [6, 6.07) is 3.03. The number of aromatic nitrogens is 1. The third kappa shape index (κ3) is 2.11. The Morgan fingerprint density at radius 2 is 1.36 bits per heavy atom. The Hall–Kier alpha value is -3.77. The Bertz CT molecular complexity index is 863. The van der Waals surface area contributed by atoms with E-state index in [0.29, 0.717) is 0 Å². The van der Waals surface area contributed by atoms with Gasteiger partial charge in [0.05, 0.1) is 14.8 Å². The molecule has 0 aliphatic heterocycles. The highest BCUT2D eigenvalue weighted by Gasteiger charge is 2.43. The lowest BCUT2D eigenvalue weighted by atomic mass is 10.1. The third-order valence-electron chi connectivity index (χ3n) is 2.65. The highest BCUT2D eigenvalue weighted by Crippen LogP contribution is 2.43. The van der Waals surface area contributed by atoms with Crippen molar-refractivity contribution in [3.05, 3.63) is 58.7 Å². The van der Waals surface area contributed by atoms with Crippen molar-refractivity contribution < 1.29 is 19.7 Å². The van der Waals surface area contributed by atoms with Crippen LogP contribution in [0.3, 0.4) is 0 Å². The van der Waals surface area contributed by atoms with E-state index < -0.39 is 53.5 Å². The van der Waals surface area contributed by atoms with Crippen molar-refractivity contribution in [3.8, 4) is 0 Å². The first-order chi connectivity index (χ1) is 10.3. The molecule has 0 saturated carbocycles. The van der Waals surface area contributed by atoms with Crippen molar-refractivity contribution in [1.29, 1.82) is 0 Å². The normalized spacial score (nSPS) is 10.4.